The van der Waals surface area contributed by atoms with Crippen LogP contribution in [0.3, 0.4) is 0 Å². The maximum absolute atomic E-state index is 11.8. The summed E-state index contributed by atoms with van der Waals surface area (Å²) < 4.78 is 0. The van der Waals surface area contributed by atoms with Gasteiger partial charge in [-0.1, -0.05) is 43.1 Å². The molecule has 0 bridgehead atoms. The first-order valence-corrected chi connectivity index (χ1v) is 7.03. The Labute approximate surface area is 135 Å². The predicted molar refractivity (Wildman–Crippen MR) is 85.9 cm³/mol. The van der Waals surface area contributed by atoms with E-state index in [1.54, 1.807) is 6.07 Å². The first-order chi connectivity index (χ1) is 8.74. The molecule has 0 aromatic heterocycles. The zero-order chi connectivity index (χ0) is 14.3. The van der Waals surface area contributed by atoms with Crippen molar-refractivity contribution in [3.63, 3.8) is 0 Å². The SMILES string of the molecule is CC(C)(CNC(=O)C1(N)CC1)c1ccc(Cl)c(Cl)c1.Cl. The molecule has 3 N–H and O–H groups in total. The third-order valence-corrected chi connectivity index (χ3v) is 4.37. The average molecular weight is 338 g/mol. The molecule has 0 spiro atoms. The standard InChI is InChI=1S/C14H18Cl2N2O.ClH/c1-13(2,8-18-12(19)14(17)5-6-14)9-3-4-10(15)11(16)7-9;/h3-4,7H,5-6,8,17H2,1-2H3,(H,18,19);1H. The van der Waals surface area contributed by atoms with Crippen molar-refractivity contribution < 1.29 is 4.79 Å². The summed E-state index contributed by atoms with van der Waals surface area (Å²) in [5.74, 6) is -0.0689. The summed E-state index contributed by atoms with van der Waals surface area (Å²) in [4.78, 5) is 11.8. The molecule has 6 heteroatoms. The second-order valence-electron chi connectivity index (χ2n) is 5.85. The molecule has 20 heavy (non-hydrogen) atoms. The summed E-state index contributed by atoms with van der Waals surface area (Å²) in [6.07, 6.45) is 1.54. The Hall–Kier alpha value is -0.480. The van der Waals surface area contributed by atoms with E-state index in [0.29, 0.717) is 16.6 Å². The Kier molecular flexibility index (Phi) is 5.36. The highest BCUT2D eigenvalue weighted by Gasteiger charge is 2.46. The molecule has 0 radical (unpaired) electrons. The normalized spacial score (nSPS) is 16.2. The summed E-state index contributed by atoms with van der Waals surface area (Å²) in [6, 6.07) is 5.54. The lowest BCUT2D eigenvalue weighted by Gasteiger charge is -2.26. The Balaban J connectivity index is 0.00000200. The first kappa shape index (κ1) is 17.6. The van der Waals surface area contributed by atoms with Crippen molar-refractivity contribution in [2.24, 2.45) is 5.73 Å². The third kappa shape index (κ3) is 3.79. The summed E-state index contributed by atoms with van der Waals surface area (Å²) >= 11 is 11.9. The fourth-order valence-electron chi connectivity index (χ4n) is 1.86. The number of amides is 1. The quantitative estimate of drug-likeness (QED) is 0.885. The number of nitrogens with one attached hydrogen (secondary N) is 1. The van der Waals surface area contributed by atoms with Crippen LogP contribution in [0.15, 0.2) is 18.2 Å². The van der Waals surface area contributed by atoms with Gasteiger partial charge in [-0.2, -0.15) is 0 Å². The zero-order valence-electron chi connectivity index (χ0n) is 11.5. The minimum Gasteiger partial charge on any atom is -0.354 e. The summed E-state index contributed by atoms with van der Waals surface area (Å²) in [5.41, 5.74) is 6.02. The molecule has 1 aliphatic carbocycles. The van der Waals surface area contributed by atoms with Gasteiger partial charge < -0.3 is 11.1 Å². The van der Waals surface area contributed by atoms with Crippen LogP contribution in [0.25, 0.3) is 0 Å². The number of rotatable bonds is 4. The van der Waals surface area contributed by atoms with Gasteiger partial charge in [0.2, 0.25) is 5.91 Å². The minimum atomic E-state index is -0.631. The molecule has 1 fully saturated rings. The molecular weight excluding hydrogens is 319 g/mol. The highest BCUT2D eigenvalue weighted by molar-refractivity contribution is 6.42. The summed E-state index contributed by atoms with van der Waals surface area (Å²) in [6.45, 7) is 4.61. The second kappa shape index (κ2) is 6.10. The van der Waals surface area contributed by atoms with Crippen LogP contribution in [0.2, 0.25) is 10.0 Å². The summed E-state index contributed by atoms with van der Waals surface area (Å²) in [5, 5.41) is 3.97. The second-order valence-corrected chi connectivity index (χ2v) is 6.67. The van der Waals surface area contributed by atoms with Gasteiger partial charge in [0.05, 0.1) is 15.6 Å². The van der Waals surface area contributed by atoms with Gasteiger partial charge in [-0.15, -0.1) is 12.4 Å². The van der Waals surface area contributed by atoms with Crippen molar-refractivity contribution in [3.05, 3.63) is 33.8 Å². The van der Waals surface area contributed by atoms with Gasteiger partial charge in [0.15, 0.2) is 0 Å². The molecule has 0 atom stereocenters. The third-order valence-electron chi connectivity index (χ3n) is 3.63. The molecule has 1 amide bonds. The highest BCUT2D eigenvalue weighted by Crippen LogP contribution is 2.33. The first-order valence-electron chi connectivity index (χ1n) is 6.27. The van der Waals surface area contributed by atoms with Crippen molar-refractivity contribution in [1.29, 1.82) is 0 Å². The number of benzene rings is 1. The van der Waals surface area contributed by atoms with Gasteiger partial charge in [-0.25, -0.2) is 0 Å². The molecule has 1 aromatic rings. The van der Waals surface area contributed by atoms with Gasteiger partial charge in [-0.05, 0) is 30.5 Å². The fourth-order valence-corrected chi connectivity index (χ4v) is 2.16. The van der Waals surface area contributed by atoms with E-state index in [0.717, 1.165) is 18.4 Å². The van der Waals surface area contributed by atoms with Crippen molar-refractivity contribution in [1.82, 2.24) is 5.32 Å². The average Bonchev–Trinajstić information content (AvgIpc) is 3.09. The van der Waals surface area contributed by atoms with E-state index >= 15 is 0 Å². The number of hydrogen-bond acceptors (Lipinski definition) is 2. The maximum atomic E-state index is 11.8. The lowest BCUT2D eigenvalue weighted by molar-refractivity contribution is -0.123. The molecule has 1 saturated carbocycles. The molecule has 0 unspecified atom stereocenters. The molecule has 0 saturated heterocycles. The molecule has 0 aliphatic heterocycles. The van der Waals surface area contributed by atoms with E-state index in [9.17, 15) is 4.79 Å². The Morgan fingerprint density at radius 3 is 2.45 bits per heavy atom. The molecule has 2 rings (SSSR count). The smallest absolute Gasteiger partial charge is 0.240 e. The van der Waals surface area contributed by atoms with E-state index in [-0.39, 0.29) is 23.7 Å². The van der Waals surface area contributed by atoms with E-state index in [1.807, 2.05) is 26.0 Å². The van der Waals surface area contributed by atoms with Gasteiger partial charge in [0, 0.05) is 12.0 Å². The number of carbonyl (C=O) groups is 1. The minimum absolute atomic E-state index is 0. The van der Waals surface area contributed by atoms with Crippen molar-refractivity contribution in [2.45, 2.75) is 37.6 Å². The van der Waals surface area contributed by atoms with Crippen LogP contribution < -0.4 is 11.1 Å². The molecule has 3 nitrogen and oxygen atoms in total. The molecule has 0 heterocycles. The topological polar surface area (TPSA) is 55.1 Å². The molecule has 112 valence electrons. The Morgan fingerprint density at radius 1 is 1.35 bits per heavy atom. The van der Waals surface area contributed by atoms with Gasteiger partial charge >= 0.3 is 0 Å². The fraction of sp³-hybridized carbons (Fsp3) is 0.500. The predicted octanol–water partition coefficient (Wildman–Crippen LogP) is 3.30. The summed E-state index contributed by atoms with van der Waals surface area (Å²) in [7, 11) is 0. The Morgan fingerprint density at radius 2 is 1.95 bits per heavy atom. The molecule has 1 aliphatic rings. The Bertz CT molecular complexity index is 513. The van der Waals surface area contributed by atoms with Crippen LogP contribution in [0.4, 0.5) is 0 Å². The van der Waals surface area contributed by atoms with E-state index < -0.39 is 5.54 Å². The molecule has 1 aromatic carbocycles. The number of carbonyl (C=O) groups excluding carboxylic acids is 1. The van der Waals surface area contributed by atoms with E-state index in [4.69, 9.17) is 28.9 Å². The lowest BCUT2D eigenvalue weighted by Crippen LogP contribution is -2.46. The molecular formula is C14H19Cl3N2O. The van der Waals surface area contributed by atoms with Crippen LogP contribution >= 0.6 is 35.6 Å². The number of nitrogens with two attached hydrogens (primary N) is 1. The lowest BCUT2D eigenvalue weighted by atomic mass is 9.84. The number of halogens is 3. The highest BCUT2D eigenvalue weighted by atomic mass is 35.5. The van der Waals surface area contributed by atoms with Crippen LogP contribution in [0.5, 0.6) is 0 Å². The van der Waals surface area contributed by atoms with Crippen LogP contribution in [0, 0.1) is 0 Å². The van der Waals surface area contributed by atoms with Crippen LogP contribution in [-0.2, 0) is 10.2 Å². The van der Waals surface area contributed by atoms with Crippen molar-refractivity contribution in [3.8, 4) is 0 Å². The number of hydrogen-bond donors (Lipinski definition) is 2. The monoisotopic (exact) mass is 336 g/mol. The van der Waals surface area contributed by atoms with Crippen LogP contribution in [-0.4, -0.2) is 18.0 Å². The van der Waals surface area contributed by atoms with Crippen LogP contribution in [0.1, 0.15) is 32.3 Å². The van der Waals surface area contributed by atoms with Crippen molar-refractivity contribution >= 4 is 41.5 Å². The van der Waals surface area contributed by atoms with Crippen molar-refractivity contribution in [2.75, 3.05) is 6.54 Å². The maximum Gasteiger partial charge on any atom is 0.240 e. The van der Waals surface area contributed by atoms with Gasteiger partial charge in [0.1, 0.15) is 0 Å². The zero-order valence-corrected chi connectivity index (χ0v) is 13.8. The van der Waals surface area contributed by atoms with Gasteiger partial charge in [0.25, 0.3) is 0 Å². The largest absolute Gasteiger partial charge is 0.354 e. The van der Waals surface area contributed by atoms with E-state index in [1.165, 1.54) is 0 Å². The van der Waals surface area contributed by atoms with Gasteiger partial charge in [-0.3, -0.25) is 4.79 Å². The van der Waals surface area contributed by atoms with E-state index in [2.05, 4.69) is 5.32 Å².